The minimum absolute atomic E-state index is 0.108. The number of carboxylic acid groups (broad SMARTS) is 1. The van der Waals surface area contributed by atoms with Crippen LogP contribution in [0.5, 0.6) is 5.75 Å². The standard InChI is InChI=1S/C19H15ClN4O3/c1-9-15-10(8-24(2)23-15)6-13(17(9)27-3)18-21-14-5-4-11(20)7-12(14)16(22-18)19(25)26/h4-8H,1-3H3,(H,25,26). The molecule has 27 heavy (non-hydrogen) atoms. The molecule has 2 aromatic heterocycles. The lowest BCUT2D eigenvalue weighted by Crippen LogP contribution is -2.06. The number of hydrogen-bond donors (Lipinski definition) is 1. The van der Waals surface area contributed by atoms with Gasteiger partial charge in [0.05, 0.1) is 23.7 Å². The van der Waals surface area contributed by atoms with Crippen LogP contribution < -0.4 is 4.74 Å². The van der Waals surface area contributed by atoms with Gasteiger partial charge < -0.3 is 9.84 Å². The van der Waals surface area contributed by atoms with Crippen molar-refractivity contribution in [3.63, 3.8) is 0 Å². The molecule has 0 amide bonds. The maximum Gasteiger partial charge on any atom is 0.355 e. The summed E-state index contributed by atoms with van der Waals surface area (Å²) >= 11 is 6.01. The Hall–Kier alpha value is -3.19. The Morgan fingerprint density at radius 1 is 1.26 bits per heavy atom. The maximum absolute atomic E-state index is 11.8. The average Bonchev–Trinajstić information content (AvgIpc) is 3.01. The van der Waals surface area contributed by atoms with Crippen LogP contribution in [0, 0.1) is 6.92 Å². The predicted octanol–water partition coefficient (Wildman–Crippen LogP) is 3.85. The zero-order chi connectivity index (χ0) is 19.3. The number of aromatic carboxylic acids is 1. The SMILES string of the molecule is COc1c(-c2nc(C(=O)O)c3cc(Cl)ccc3n2)cc2cn(C)nc2c1C. The van der Waals surface area contributed by atoms with Crippen LogP contribution in [0.25, 0.3) is 33.2 Å². The van der Waals surface area contributed by atoms with Gasteiger partial charge in [-0.05, 0) is 31.2 Å². The van der Waals surface area contributed by atoms with Gasteiger partial charge in [0.25, 0.3) is 0 Å². The summed E-state index contributed by atoms with van der Waals surface area (Å²) in [6.07, 6.45) is 1.88. The van der Waals surface area contributed by atoms with Crippen molar-refractivity contribution in [2.75, 3.05) is 7.11 Å². The molecule has 0 bridgehead atoms. The Morgan fingerprint density at radius 3 is 2.74 bits per heavy atom. The lowest BCUT2D eigenvalue weighted by molar-refractivity contribution is 0.0693. The van der Waals surface area contributed by atoms with Gasteiger partial charge in [-0.25, -0.2) is 14.8 Å². The van der Waals surface area contributed by atoms with E-state index in [0.29, 0.717) is 27.2 Å². The highest BCUT2D eigenvalue weighted by atomic mass is 35.5. The van der Waals surface area contributed by atoms with Crippen molar-refractivity contribution in [3.8, 4) is 17.1 Å². The smallest absolute Gasteiger partial charge is 0.355 e. The number of carboxylic acids is 1. The van der Waals surface area contributed by atoms with Crippen molar-refractivity contribution < 1.29 is 14.6 Å². The number of aryl methyl sites for hydroxylation is 2. The third-order valence-corrected chi connectivity index (χ3v) is 4.64. The van der Waals surface area contributed by atoms with Crippen LogP contribution in [0.4, 0.5) is 0 Å². The highest BCUT2D eigenvalue weighted by molar-refractivity contribution is 6.31. The Morgan fingerprint density at radius 2 is 2.04 bits per heavy atom. The van der Waals surface area contributed by atoms with Gasteiger partial charge in [0.1, 0.15) is 5.75 Å². The van der Waals surface area contributed by atoms with Gasteiger partial charge in [0.2, 0.25) is 0 Å². The molecule has 0 aliphatic carbocycles. The average molecular weight is 383 g/mol. The summed E-state index contributed by atoms with van der Waals surface area (Å²) in [6, 6.07) is 6.75. The summed E-state index contributed by atoms with van der Waals surface area (Å²) in [4.78, 5) is 20.6. The number of hydrogen-bond acceptors (Lipinski definition) is 5. The molecule has 0 aliphatic rings. The normalized spacial score (nSPS) is 11.3. The number of methoxy groups -OCH3 is 1. The summed E-state index contributed by atoms with van der Waals surface area (Å²) in [5, 5.41) is 15.8. The molecule has 0 atom stereocenters. The third kappa shape index (κ3) is 2.76. The third-order valence-electron chi connectivity index (χ3n) is 4.40. The van der Waals surface area contributed by atoms with Gasteiger partial charge in [0.15, 0.2) is 11.5 Å². The van der Waals surface area contributed by atoms with E-state index < -0.39 is 5.97 Å². The molecule has 8 heteroatoms. The first kappa shape index (κ1) is 17.2. The van der Waals surface area contributed by atoms with Gasteiger partial charge in [-0.2, -0.15) is 5.10 Å². The fraction of sp³-hybridized carbons (Fsp3) is 0.158. The van der Waals surface area contributed by atoms with Crippen LogP contribution in [-0.2, 0) is 7.05 Å². The molecule has 2 heterocycles. The van der Waals surface area contributed by atoms with Crippen molar-refractivity contribution in [3.05, 3.63) is 46.7 Å². The van der Waals surface area contributed by atoms with Crippen molar-refractivity contribution in [2.24, 2.45) is 7.05 Å². The molecular formula is C19H15ClN4O3. The van der Waals surface area contributed by atoms with Crippen LogP contribution >= 0.6 is 11.6 Å². The minimum atomic E-state index is -1.15. The highest BCUT2D eigenvalue weighted by Crippen LogP contribution is 2.37. The molecule has 4 aromatic rings. The van der Waals surface area contributed by atoms with Crippen LogP contribution in [-0.4, -0.2) is 37.9 Å². The predicted molar refractivity (Wildman–Crippen MR) is 103 cm³/mol. The lowest BCUT2D eigenvalue weighted by atomic mass is 10.0. The van der Waals surface area contributed by atoms with Crippen LogP contribution in [0.2, 0.25) is 5.02 Å². The molecule has 0 fully saturated rings. The summed E-state index contributed by atoms with van der Waals surface area (Å²) in [6.45, 7) is 1.90. The van der Waals surface area contributed by atoms with Crippen molar-refractivity contribution in [2.45, 2.75) is 6.92 Å². The molecule has 0 saturated carbocycles. The van der Waals surface area contributed by atoms with Gasteiger partial charge in [-0.1, -0.05) is 11.6 Å². The van der Waals surface area contributed by atoms with E-state index >= 15 is 0 Å². The number of rotatable bonds is 3. The zero-order valence-corrected chi connectivity index (χ0v) is 15.6. The Balaban J connectivity index is 2.07. The first-order valence-electron chi connectivity index (χ1n) is 8.11. The van der Waals surface area contributed by atoms with Gasteiger partial charge in [-0.3, -0.25) is 4.68 Å². The monoisotopic (exact) mass is 382 g/mol. The van der Waals surface area contributed by atoms with E-state index in [-0.39, 0.29) is 11.5 Å². The highest BCUT2D eigenvalue weighted by Gasteiger charge is 2.20. The first-order chi connectivity index (χ1) is 12.9. The van der Waals surface area contributed by atoms with Gasteiger partial charge in [0, 0.05) is 34.6 Å². The molecule has 2 aromatic carbocycles. The summed E-state index contributed by atoms with van der Waals surface area (Å²) < 4.78 is 7.30. The molecule has 136 valence electrons. The number of fused-ring (bicyclic) bond motifs is 2. The summed E-state index contributed by atoms with van der Waals surface area (Å²) in [7, 11) is 3.39. The molecule has 7 nitrogen and oxygen atoms in total. The quantitative estimate of drug-likeness (QED) is 0.578. The van der Waals surface area contributed by atoms with Crippen molar-refractivity contribution in [1.82, 2.24) is 19.7 Å². The minimum Gasteiger partial charge on any atom is -0.496 e. The van der Waals surface area contributed by atoms with E-state index in [1.54, 1.807) is 30.0 Å². The van der Waals surface area contributed by atoms with E-state index in [4.69, 9.17) is 16.3 Å². The molecular weight excluding hydrogens is 368 g/mol. The van der Waals surface area contributed by atoms with Crippen molar-refractivity contribution in [1.29, 1.82) is 0 Å². The lowest BCUT2D eigenvalue weighted by Gasteiger charge is -2.12. The molecule has 0 saturated heterocycles. The number of nitrogens with zero attached hydrogens (tertiary/aromatic N) is 4. The molecule has 4 rings (SSSR count). The van der Waals surface area contributed by atoms with E-state index in [0.717, 1.165) is 16.5 Å². The number of aromatic nitrogens is 4. The largest absolute Gasteiger partial charge is 0.496 e. The van der Waals surface area contributed by atoms with Gasteiger partial charge in [-0.15, -0.1) is 0 Å². The summed E-state index contributed by atoms with van der Waals surface area (Å²) in [5.41, 5.74) is 2.64. The number of halogens is 1. The maximum atomic E-state index is 11.8. The number of carbonyl (C=O) groups is 1. The van der Waals surface area contributed by atoms with Gasteiger partial charge >= 0.3 is 5.97 Å². The Bertz CT molecular complexity index is 1230. The van der Waals surface area contributed by atoms with Crippen LogP contribution in [0.15, 0.2) is 30.5 Å². The molecule has 1 N–H and O–H groups in total. The second kappa shape index (κ2) is 6.21. The van der Waals surface area contributed by atoms with Crippen LogP contribution in [0.3, 0.4) is 0 Å². The zero-order valence-electron chi connectivity index (χ0n) is 14.8. The topological polar surface area (TPSA) is 90.1 Å². The van der Waals surface area contributed by atoms with Crippen LogP contribution in [0.1, 0.15) is 16.1 Å². The molecule has 0 radical (unpaired) electrons. The molecule has 0 unspecified atom stereocenters. The number of benzene rings is 2. The van der Waals surface area contributed by atoms with E-state index in [2.05, 4.69) is 15.1 Å². The number of ether oxygens (including phenoxy) is 1. The Labute approximate surface area is 159 Å². The molecule has 0 aliphatic heterocycles. The first-order valence-corrected chi connectivity index (χ1v) is 8.48. The van der Waals surface area contributed by atoms with E-state index in [1.165, 1.54) is 0 Å². The van der Waals surface area contributed by atoms with Crippen molar-refractivity contribution >= 4 is 39.4 Å². The fourth-order valence-electron chi connectivity index (χ4n) is 3.25. The second-order valence-electron chi connectivity index (χ2n) is 6.19. The summed E-state index contributed by atoms with van der Waals surface area (Å²) in [5.74, 6) is -0.317. The Kier molecular flexibility index (Phi) is 3.96. The second-order valence-corrected chi connectivity index (χ2v) is 6.62. The fourth-order valence-corrected chi connectivity index (χ4v) is 3.42. The molecule has 0 spiro atoms. The van der Waals surface area contributed by atoms with E-state index in [9.17, 15) is 9.90 Å². The van der Waals surface area contributed by atoms with E-state index in [1.807, 2.05) is 26.2 Å².